The average Bonchev–Trinajstić information content (AvgIpc) is 2.82. The molecule has 0 saturated heterocycles. The van der Waals surface area contributed by atoms with Gasteiger partial charge >= 0.3 is 0 Å². The minimum Gasteiger partial charge on any atom is -0.352 e. The summed E-state index contributed by atoms with van der Waals surface area (Å²) in [5.74, 6) is 0.940. The van der Waals surface area contributed by atoms with Crippen molar-refractivity contribution in [3.8, 4) is 0 Å². The summed E-state index contributed by atoms with van der Waals surface area (Å²) < 4.78 is 0. The molecule has 0 aliphatic rings. The van der Waals surface area contributed by atoms with Crippen molar-refractivity contribution in [3.05, 3.63) is 106 Å². The topological polar surface area (TPSA) is 49.4 Å². The van der Waals surface area contributed by atoms with Crippen molar-refractivity contribution in [2.24, 2.45) is 0 Å². The zero-order valence-electron chi connectivity index (χ0n) is 22.1. The zero-order chi connectivity index (χ0) is 26.1. The van der Waals surface area contributed by atoms with Crippen LogP contribution in [0.4, 0.5) is 0 Å². The van der Waals surface area contributed by atoms with E-state index in [4.69, 9.17) is 0 Å². The summed E-state index contributed by atoms with van der Waals surface area (Å²) in [4.78, 5) is 28.9. The van der Waals surface area contributed by atoms with Crippen LogP contribution in [0, 0.1) is 20.8 Å². The Labute approximate surface area is 220 Å². The molecular weight excluding hydrogens is 464 g/mol. The van der Waals surface area contributed by atoms with Crippen LogP contribution in [-0.2, 0) is 28.3 Å². The van der Waals surface area contributed by atoms with Gasteiger partial charge < -0.3 is 10.2 Å². The molecule has 2 amide bonds. The van der Waals surface area contributed by atoms with Gasteiger partial charge in [0.25, 0.3) is 0 Å². The number of thioether (sulfide) groups is 1. The van der Waals surface area contributed by atoms with Crippen molar-refractivity contribution in [1.29, 1.82) is 0 Å². The van der Waals surface area contributed by atoms with E-state index in [1.54, 1.807) is 16.7 Å². The summed E-state index contributed by atoms with van der Waals surface area (Å²) in [5.41, 5.74) is 6.88. The molecule has 0 heterocycles. The summed E-state index contributed by atoms with van der Waals surface area (Å²) in [7, 11) is 0. The summed E-state index contributed by atoms with van der Waals surface area (Å²) in [6.07, 6.45) is 0.471. The van der Waals surface area contributed by atoms with Crippen LogP contribution in [0.15, 0.2) is 72.8 Å². The molecule has 0 aromatic heterocycles. The maximum atomic E-state index is 13.7. The van der Waals surface area contributed by atoms with Crippen molar-refractivity contribution in [1.82, 2.24) is 10.2 Å². The van der Waals surface area contributed by atoms with E-state index >= 15 is 0 Å². The lowest BCUT2D eigenvalue weighted by Crippen LogP contribution is -2.52. The highest BCUT2D eigenvalue weighted by atomic mass is 32.2. The lowest BCUT2D eigenvalue weighted by atomic mass is 10.0. The number of nitrogens with zero attached hydrogens (tertiary/aromatic N) is 1. The Balaban J connectivity index is 1.86. The van der Waals surface area contributed by atoms with Crippen LogP contribution < -0.4 is 5.32 Å². The van der Waals surface area contributed by atoms with Gasteiger partial charge in [0.1, 0.15) is 6.04 Å². The number of hydrogen-bond donors (Lipinski definition) is 1. The molecule has 36 heavy (non-hydrogen) atoms. The Morgan fingerprint density at radius 2 is 1.50 bits per heavy atom. The van der Waals surface area contributed by atoms with Crippen molar-refractivity contribution in [2.75, 3.05) is 5.75 Å². The predicted octanol–water partition coefficient (Wildman–Crippen LogP) is 6.01. The SMILES string of the molecule is Cc1cc(C)cc(CSCC(=O)N(Cc2ccccc2C)[C@@H](Cc2ccccc2)C(=O)NC(C)C)c1. The predicted molar refractivity (Wildman–Crippen MR) is 151 cm³/mol. The van der Waals surface area contributed by atoms with Crippen molar-refractivity contribution in [3.63, 3.8) is 0 Å². The second-order valence-corrected chi connectivity index (χ2v) is 10.8. The third kappa shape index (κ3) is 8.27. The van der Waals surface area contributed by atoms with Crippen LogP contribution in [-0.4, -0.2) is 34.6 Å². The maximum absolute atomic E-state index is 13.7. The molecule has 5 heteroatoms. The van der Waals surface area contributed by atoms with Gasteiger partial charge in [-0.15, -0.1) is 11.8 Å². The number of aryl methyl sites for hydroxylation is 3. The average molecular weight is 503 g/mol. The third-order valence-corrected chi connectivity index (χ3v) is 7.07. The molecule has 0 spiro atoms. The standard InChI is InChI=1S/C31H38N2O2S/c1-22(2)32-31(35)29(18-26-12-7-6-8-13-26)33(19-28-14-10-9-11-25(28)5)30(34)21-36-20-27-16-23(3)15-24(4)17-27/h6-17,22,29H,18-21H2,1-5H3,(H,32,35)/t29-/m0/s1. The molecule has 0 radical (unpaired) electrons. The second-order valence-electron chi connectivity index (χ2n) is 9.81. The number of nitrogens with one attached hydrogen (secondary N) is 1. The Bertz CT molecular complexity index is 1140. The zero-order valence-corrected chi connectivity index (χ0v) is 22.9. The highest BCUT2D eigenvalue weighted by Gasteiger charge is 2.30. The maximum Gasteiger partial charge on any atom is 0.243 e. The first-order chi connectivity index (χ1) is 17.2. The van der Waals surface area contributed by atoms with Gasteiger partial charge in [-0.3, -0.25) is 9.59 Å². The monoisotopic (exact) mass is 502 g/mol. The summed E-state index contributed by atoms with van der Waals surface area (Å²) >= 11 is 1.60. The summed E-state index contributed by atoms with van der Waals surface area (Å²) in [6, 6.07) is 23.9. The molecule has 0 unspecified atom stereocenters. The highest BCUT2D eigenvalue weighted by Crippen LogP contribution is 2.21. The van der Waals surface area contributed by atoms with Crippen molar-refractivity contribution < 1.29 is 9.59 Å². The van der Waals surface area contributed by atoms with E-state index in [1.165, 1.54) is 16.7 Å². The fourth-order valence-electron chi connectivity index (χ4n) is 4.40. The first kappa shape index (κ1) is 27.5. The van der Waals surface area contributed by atoms with Crippen LogP contribution in [0.2, 0.25) is 0 Å². The summed E-state index contributed by atoms with van der Waals surface area (Å²) in [6.45, 7) is 10.5. The molecule has 0 bridgehead atoms. The molecule has 0 aliphatic carbocycles. The molecular formula is C31H38N2O2S. The van der Waals surface area contributed by atoms with Crippen LogP contribution in [0.3, 0.4) is 0 Å². The van der Waals surface area contributed by atoms with E-state index in [-0.39, 0.29) is 17.9 Å². The summed E-state index contributed by atoms with van der Waals surface area (Å²) in [5, 5.41) is 3.05. The molecule has 0 fully saturated rings. The molecule has 1 N–H and O–H groups in total. The first-order valence-corrected chi connectivity index (χ1v) is 13.7. The van der Waals surface area contributed by atoms with Gasteiger partial charge in [0.05, 0.1) is 5.75 Å². The Morgan fingerprint density at radius 1 is 0.861 bits per heavy atom. The van der Waals surface area contributed by atoms with Crippen LogP contribution in [0.5, 0.6) is 0 Å². The van der Waals surface area contributed by atoms with Crippen LogP contribution in [0.1, 0.15) is 47.2 Å². The van der Waals surface area contributed by atoms with Crippen molar-refractivity contribution in [2.45, 2.75) is 65.4 Å². The number of carbonyl (C=O) groups excluding carboxylic acids is 2. The van der Waals surface area contributed by atoms with E-state index < -0.39 is 6.04 Å². The number of carbonyl (C=O) groups is 2. The van der Waals surface area contributed by atoms with Gasteiger partial charge in [0, 0.05) is 24.8 Å². The Morgan fingerprint density at radius 3 is 2.14 bits per heavy atom. The van der Waals surface area contributed by atoms with Gasteiger partial charge in [0.2, 0.25) is 11.8 Å². The number of amides is 2. The molecule has 1 atom stereocenters. The molecule has 4 nitrogen and oxygen atoms in total. The third-order valence-electron chi connectivity index (χ3n) is 6.08. The highest BCUT2D eigenvalue weighted by molar-refractivity contribution is 7.99. The fourth-order valence-corrected chi connectivity index (χ4v) is 5.24. The van der Waals surface area contributed by atoms with Gasteiger partial charge in [-0.1, -0.05) is 83.9 Å². The number of benzene rings is 3. The van der Waals surface area contributed by atoms with E-state index in [0.29, 0.717) is 18.7 Å². The molecule has 3 rings (SSSR count). The molecule has 190 valence electrons. The molecule has 3 aromatic rings. The lowest BCUT2D eigenvalue weighted by Gasteiger charge is -2.32. The number of hydrogen-bond acceptors (Lipinski definition) is 3. The van der Waals surface area contributed by atoms with Crippen LogP contribution in [0.25, 0.3) is 0 Å². The number of rotatable bonds is 11. The normalized spacial score (nSPS) is 11.8. The van der Waals surface area contributed by atoms with E-state index in [2.05, 4.69) is 37.4 Å². The van der Waals surface area contributed by atoms with Gasteiger partial charge in [0.15, 0.2) is 0 Å². The second kappa shape index (κ2) is 13.3. The molecule has 3 aromatic carbocycles. The van der Waals surface area contributed by atoms with Crippen molar-refractivity contribution >= 4 is 23.6 Å². The minimum atomic E-state index is -0.594. The Hall–Kier alpha value is -3.05. The van der Waals surface area contributed by atoms with E-state index in [1.807, 2.05) is 75.4 Å². The van der Waals surface area contributed by atoms with E-state index in [9.17, 15) is 9.59 Å². The van der Waals surface area contributed by atoms with Gasteiger partial charge in [-0.2, -0.15) is 0 Å². The fraction of sp³-hybridized carbons (Fsp3) is 0.355. The van der Waals surface area contributed by atoms with E-state index in [0.717, 1.165) is 22.4 Å². The smallest absolute Gasteiger partial charge is 0.243 e. The first-order valence-electron chi connectivity index (χ1n) is 12.6. The lowest BCUT2D eigenvalue weighted by molar-refractivity contribution is -0.139. The quantitative estimate of drug-likeness (QED) is 0.349. The molecule has 0 aliphatic heterocycles. The van der Waals surface area contributed by atoms with Gasteiger partial charge in [-0.25, -0.2) is 0 Å². The van der Waals surface area contributed by atoms with Gasteiger partial charge in [-0.05, 0) is 56.9 Å². The Kier molecular flexibility index (Phi) is 10.2. The minimum absolute atomic E-state index is 0.00915. The molecule has 0 saturated carbocycles. The largest absolute Gasteiger partial charge is 0.352 e. The van der Waals surface area contributed by atoms with Crippen LogP contribution >= 0.6 is 11.8 Å².